The molecule has 35 heavy (non-hydrogen) atoms. The normalized spacial score (nSPS) is 11.3. The van der Waals surface area contributed by atoms with Crippen LogP contribution < -0.4 is 10.6 Å². The van der Waals surface area contributed by atoms with Gasteiger partial charge in [0.05, 0.1) is 15.5 Å². The molecular weight excluding hydrogens is 521 g/mol. The molecule has 0 aliphatic carbocycles. The largest absolute Gasteiger partial charge is 0.446 e. The molecule has 0 saturated heterocycles. The summed E-state index contributed by atoms with van der Waals surface area (Å²) >= 11 is 17.6. The number of benzene rings is 3. The first-order valence-corrected chi connectivity index (χ1v) is 11.0. The second-order valence-corrected chi connectivity index (χ2v) is 8.25. The molecule has 0 radical (unpaired) electrons. The van der Waals surface area contributed by atoms with E-state index in [2.05, 4.69) is 10.6 Å². The van der Waals surface area contributed by atoms with E-state index < -0.39 is 41.0 Å². The highest BCUT2D eigenvalue weighted by Gasteiger charge is 2.26. The third kappa shape index (κ3) is 6.92. The molecule has 0 aliphatic rings. The molecule has 9 nitrogen and oxygen atoms in total. The zero-order valence-electron chi connectivity index (χ0n) is 17.7. The van der Waals surface area contributed by atoms with E-state index in [0.29, 0.717) is 10.6 Å². The quantitative estimate of drug-likeness (QED) is 0.231. The van der Waals surface area contributed by atoms with E-state index in [9.17, 15) is 24.5 Å². The van der Waals surface area contributed by atoms with Crippen LogP contribution >= 0.6 is 34.8 Å². The Balaban J connectivity index is 1.72. The Morgan fingerprint density at radius 1 is 0.943 bits per heavy atom. The summed E-state index contributed by atoms with van der Waals surface area (Å²) in [5, 5.41) is 16.3. The number of rotatable bonds is 8. The number of esters is 1. The van der Waals surface area contributed by atoms with E-state index in [1.165, 1.54) is 30.3 Å². The molecule has 0 fully saturated rings. The van der Waals surface area contributed by atoms with E-state index in [0.717, 1.165) is 6.07 Å². The fraction of sp³-hybridized carbons (Fsp3) is 0.0870. The van der Waals surface area contributed by atoms with Crippen molar-refractivity contribution in [2.24, 2.45) is 0 Å². The number of hydrogen-bond donors (Lipinski definition) is 2. The van der Waals surface area contributed by atoms with Crippen LogP contribution in [0.5, 0.6) is 0 Å². The van der Waals surface area contributed by atoms with Gasteiger partial charge in [0.25, 0.3) is 17.5 Å². The number of ether oxygens (including phenoxy) is 1. The Kier molecular flexibility index (Phi) is 8.64. The van der Waals surface area contributed by atoms with Gasteiger partial charge in [-0.05, 0) is 30.3 Å². The highest BCUT2D eigenvalue weighted by Crippen LogP contribution is 2.28. The molecule has 0 heterocycles. The van der Waals surface area contributed by atoms with Crippen molar-refractivity contribution in [2.45, 2.75) is 6.10 Å². The topological polar surface area (TPSA) is 128 Å². The third-order valence-electron chi connectivity index (χ3n) is 4.57. The minimum atomic E-state index is -1.41. The number of nitro groups is 1. The van der Waals surface area contributed by atoms with Crippen molar-refractivity contribution in [3.8, 4) is 0 Å². The predicted octanol–water partition coefficient (Wildman–Crippen LogP) is 5.21. The average Bonchev–Trinajstić information content (AvgIpc) is 2.82. The summed E-state index contributed by atoms with van der Waals surface area (Å²) < 4.78 is 5.33. The van der Waals surface area contributed by atoms with Crippen molar-refractivity contribution < 1.29 is 24.0 Å². The summed E-state index contributed by atoms with van der Waals surface area (Å²) in [6, 6.07) is 16.1. The van der Waals surface area contributed by atoms with Crippen molar-refractivity contribution in [3.05, 3.63) is 103 Å². The van der Waals surface area contributed by atoms with Gasteiger partial charge in [-0.3, -0.25) is 24.5 Å². The molecule has 0 aliphatic heterocycles. The summed E-state index contributed by atoms with van der Waals surface area (Å²) in [7, 11) is 0. The Labute approximate surface area is 214 Å². The number of carbonyl (C=O) groups is 3. The van der Waals surface area contributed by atoms with Gasteiger partial charge in [-0.15, -0.1) is 0 Å². The van der Waals surface area contributed by atoms with Crippen LogP contribution in [0.15, 0.2) is 66.7 Å². The van der Waals surface area contributed by atoms with Gasteiger partial charge in [0.1, 0.15) is 11.6 Å². The lowest BCUT2D eigenvalue weighted by Gasteiger charge is -2.18. The molecule has 0 saturated carbocycles. The summed E-state index contributed by atoms with van der Waals surface area (Å²) in [6.07, 6.45) is -1.41. The number of anilines is 1. The number of amides is 2. The van der Waals surface area contributed by atoms with Crippen LogP contribution in [0.25, 0.3) is 0 Å². The van der Waals surface area contributed by atoms with Gasteiger partial charge in [0.2, 0.25) is 6.10 Å². The molecule has 2 N–H and O–H groups in total. The highest BCUT2D eigenvalue weighted by atomic mass is 35.5. The van der Waals surface area contributed by atoms with Crippen LogP contribution in [0, 0.1) is 10.1 Å². The molecular formula is C23H16Cl3N3O6. The molecule has 3 rings (SSSR count). The summed E-state index contributed by atoms with van der Waals surface area (Å²) in [6.45, 7) is -0.555. The van der Waals surface area contributed by atoms with Crippen LogP contribution in [-0.4, -0.2) is 29.3 Å². The van der Waals surface area contributed by atoms with Crippen LogP contribution in [0.4, 0.5) is 11.4 Å². The molecule has 0 bridgehead atoms. The number of nitrogens with zero attached hydrogens (tertiary/aromatic N) is 1. The molecule has 12 heteroatoms. The Morgan fingerprint density at radius 2 is 1.66 bits per heavy atom. The fourth-order valence-corrected chi connectivity index (χ4v) is 3.61. The van der Waals surface area contributed by atoms with Crippen molar-refractivity contribution in [1.29, 1.82) is 0 Å². The van der Waals surface area contributed by atoms with Crippen molar-refractivity contribution in [2.75, 3.05) is 11.9 Å². The van der Waals surface area contributed by atoms with Gasteiger partial charge in [0.15, 0.2) is 0 Å². The fourth-order valence-electron chi connectivity index (χ4n) is 2.93. The smallest absolute Gasteiger partial charge is 0.326 e. The van der Waals surface area contributed by atoms with E-state index >= 15 is 0 Å². The first-order chi connectivity index (χ1) is 16.7. The van der Waals surface area contributed by atoms with E-state index in [-0.39, 0.29) is 21.3 Å². The van der Waals surface area contributed by atoms with Crippen LogP contribution in [0.2, 0.25) is 15.1 Å². The molecule has 2 amide bonds. The zero-order chi connectivity index (χ0) is 25.5. The van der Waals surface area contributed by atoms with Crippen LogP contribution in [0.1, 0.15) is 22.0 Å². The van der Waals surface area contributed by atoms with Crippen molar-refractivity contribution in [1.82, 2.24) is 5.32 Å². The standard InChI is InChI=1S/C23H16Cl3N3O6/c24-14-6-8-16(18(26)10-14)22(31)27-12-20(30)35-21(13-4-2-1-3-5-13)23(32)28-15-7-9-17(25)19(11-15)29(33)34/h1-11,21H,12H2,(H,27,31)(H,28,32). The summed E-state index contributed by atoms with van der Waals surface area (Å²) in [5.41, 5.74) is 0.120. The average molecular weight is 537 g/mol. The Hall–Kier alpha value is -3.66. The number of halogens is 3. The first kappa shape index (κ1) is 26.0. The summed E-state index contributed by atoms with van der Waals surface area (Å²) in [5.74, 6) is -2.32. The number of nitrogens with one attached hydrogen (secondary N) is 2. The maximum Gasteiger partial charge on any atom is 0.326 e. The molecule has 0 aromatic heterocycles. The molecule has 3 aromatic carbocycles. The van der Waals surface area contributed by atoms with E-state index in [4.69, 9.17) is 39.5 Å². The monoisotopic (exact) mass is 535 g/mol. The van der Waals surface area contributed by atoms with Crippen LogP contribution in [0.3, 0.4) is 0 Å². The van der Waals surface area contributed by atoms with Gasteiger partial charge >= 0.3 is 5.97 Å². The molecule has 1 unspecified atom stereocenters. The van der Waals surface area contributed by atoms with Gasteiger partial charge in [-0.2, -0.15) is 0 Å². The van der Waals surface area contributed by atoms with E-state index in [1.54, 1.807) is 30.3 Å². The van der Waals surface area contributed by atoms with E-state index in [1.807, 2.05) is 0 Å². The Morgan fingerprint density at radius 3 is 2.31 bits per heavy atom. The molecule has 3 aromatic rings. The second-order valence-electron chi connectivity index (χ2n) is 7.00. The van der Waals surface area contributed by atoms with Gasteiger partial charge < -0.3 is 15.4 Å². The second kappa shape index (κ2) is 11.7. The highest BCUT2D eigenvalue weighted by molar-refractivity contribution is 6.36. The minimum Gasteiger partial charge on any atom is -0.446 e. The Bertz CT molecular complexity index is 1290. The van der Waals surface area contributed by atoms with Gasteiger partial charge in [-0.1, -0.05) is 65.1 Å². The van der Waals surface area contributed by atoms with Crippen molar-refractivity contribution in [3.63, 3.8) is 0 Å². The first-order valence-electron chi connectivity index (χ1n) is 9.88. The third-order valence-corrected chi connectivity index (χ3v) is 5.44. The predicted molar refractivity (Wildman–Crippen MR) is 131 cm³/mol. The lowest BCUT2D eigenvalue weighted by Crippen LogP contribution is -2.33. The summed E-state index contributed by atoms with van der Waals surface area (Å²) in [4.78, 5) is 48.2. The van der Waals surface area contributed by atoms with Crippen LogP contribution in [-0.2, 0) is 14.3 Å². The minimum absolute atomic E-state index is 0.0776. The SMILES string of the molecule is O=C(CNC(=O)c1ccc(Cl)cc1Cl)OC(C(=O)Nc1ccc(Cl)c([N+](=O)[O-])c1)c1ccccc1. The number of nitro benzene ring substituents is 1. The molecule has 1 atom stereocenters. The maximum atomic E-state index is 12.9. The van der Waals surface area contributed by atoms with Gasteiger partial charge in [-0.25, -0.2) is 0 Å². The maximum absolute atomic E-state index is 12.9. The number of hydrogen-bond acceptors (Lipinski definition) is 6. The van der Waals surface area contributed by atoms with Crippen molar-refractivity contribution >= 4 is 64.0 Å². The molecule has 0 spiro atoms. The molecule has 180 valence electrons. The number of carbonyl (C=O) groups excluding carboxylic acids is 3. The lowest BCUT2D eigenvalue weighted by molar-refractivity contribution is -0.384. The van der Waals surface area contributed by atoms with Gasteiger partial charge in [0, 0.05) is 22.3 Å². The lowest BCUT2D eigenvalue weighted by atomic mass is 10.1. The zero-order valence-corrected chi connectivity index (χ0v) is 19.9.